The Morgan fingerprint density at radius 3 is 2.41 bits per heavy atom. The van der Waals surface area contributed by atoms with Crippen LogP contribution in [0, 0.1) is 11.8 Å². The summed E-state index contributed by atoms with van der Waals surface area (Å²) in [7, 11) is 1.79. The van der Waals surface area contributed by atoms with E-state index in [9.17, 15) is 4.79 Å². The predicted molar refractivity (Wildman–Crippen MR) is 68.6 cm³/mol. The number of ether oxygens (including phenoxy) is 1. The summed E-state index contributed by atoms with van der Waals surface area (Å²) in [5, 5.41) is 3.09. The first-order valence-electron chi connectivity index (χ1n) is 6.52. The SMILES string of the molecule is CNC(COC(C)CC(C)C)(C(N)=O)C1CC1. The number of amides is 1. The maximum Gasteiger partial charge on any atom is 0.240 e. The smallest absolute Gasteiger partial charge is 0.240 e. The highest BCUT2D eigenvalue weighted by molar-refractivity contribution is 5.85. The maximum absolute atomic E-state index is 11.6. The Hall–Kier alpha value is -0.610. The summed E-state index contributed by atoms with van der Waals surface area (Å²) in [5.74, 6) is 0.652. The fourth-order valence-corrected chi connectivity index (χ4v) is 2.37. The van der Waals surface area contributed by atoms with E-state index in [0.29, 0.717) is 18.4 Å². The van der Waals surface area contributed by atoms with Gasteiger partial charge in [-0.25, -0.2) is 0 Å². The van der Waals surface area contributed by atoms with E-state index in [2.05, 4.69) is 19.2 Å². The number of likely N-dealkylation sites (N-methyl/N-ethyl adjacent to an activating group) is 1. The summed E-state index contributed by atoms with van der Waals surface area (Å²) in [5.41, 5.74) is 4.87. The van der Waals surface area contributed by atoms with Crippen molar-refractivity contribution < 1.29 is 9.53 Å². The molecule has 1 saturated carbocycles. The summed E-state index contributed by atoms with van der Waals surface area (Å²) < 4.78 is 5.81. The maximum atomic E-state index is 11.6. The molecule has 1 fully saturated rings. The molecule has 2 atom stereocenters. The van der Waals surface area contributed by atoms with Gasteiger partial charge in [0, 0.05) is 0 Å². The molecule has 4 nitrogen and oxygen atoms in total. The normalized spacial score (nSPS) is 21.2. The quantitative estimate of drug-likeness (QED) is 0.674. The van der Waals surface area contributed by atoms with Gasteiger partial charge in [0.25, 0.3) is 0 Å². The zero-order valence-corrected chi connectivity index (χ0v) is 11.5. The summed E-state index contributed by atoms with van der Waals surface area (Å²) in [6, 6.07) is 0. The second-order valence-electron chi connectivity index (χ2n) is 5.61. The Balaban J connectivity index is 2.52. The number of carbonyl (C=O) groups is 1. The van der Waals surface area contributed by atoms with Gasteiger partial charge in [-0.2, -0.15) is 0 Å². The van der Waals surface area contributed by atoms with Crippen LogP contribution >= 0.6 is 0 Å². The number of nitrogens with one attached hydrogen (secondary N) is 1. The van der Waals surface area contributed by atoms with Crippen molar-refractivity contribution in [2.75, 3.05) is 13.7 Å². The standard InChI is InChI=1S/C13H26N2O2/c1-9(2)7-10(3)17-8-13(15-4,12(14)16)11-5-6-11/h9-11,15H,5-8H2,1-4H3,(H2,14,16). The molecule has 3 N–H and O–H groups in total. The van der Waals surface area contributed by atoms with Gasteiger partial charge in [0.2, 0.25) is 5.91 Å². The number of nitrogens with two attached hydrogens (primary N) is 1. The summed E-state index contributed by atoms with van der Waals surface area (Å²) in [6.07, 6.45) is 3.29. The van der Waals surface area contributed by atoms with E-state index in [4.69, 9.17) is 10.5 Å². The van der Waals surface area contributed by atoms with Crippen LogP contribution in [0.1, 0.15) is 40.0 Å². The third-order valence-electron chi connectivity index (χ3n) is 3.56. The van der Waals surface area contributed by atoms with Crippen LogP contribution in [0.2, 0.25) is 0 Å². The van der Waals surface area contributed by atoms with E-state index >= 15 is 0 Å². The summed E-state index contributed by atoms with van der Waals surface area (Å²) >= 11 is 0. The lowest BCUT2D eigenvalue weighted by atomic mass is 9.93. The molecular weight excluding hydrogens is 216 g/mol. The van der Waals surface area contributed by atoms with E-state index in [0.717, 1.165) is 19.3 Å². The number of carbonyl (C=O) groups excluding carboxylic acids is 1. The van der Waals surface area contributed by atoms with Gasteiger partial charge in [-0.3, -0.25) is 4.79 Å². The molecule has 1 aliphatic carbocycles. The lowest BCUT2D eigenvalue weighted by Gasteiger charge is -2.31. The van der Waals surface area contributed by atoms with Crippen molar-refractivity contribution in [1.29, 1.82) is 0 Å². The minimum absolute atomic E-state index is 0.167. The Morgan fingerprint density at radius 1 is 1.47 bits per heavy atom. The molecule has 0 radical (unpaired) electrons. The molecule has 1 amide bonds. The van der Waals surface area contributed by atoms with Crippen molar-refractivity contribution in [1.82, 2.24) is 5.32 Å². The third-order valence-corrected chi connectivity index (χ3v) is 3.56. The highest BCUT2D eigenvalue weighted by atomic mass is 16.5. The lowest BCUT2D eigenvalue weighted by Crippen LogP contribution is -2.59. The van der Waals surface area contributed by atoms with Crippen molar-refractivity contribution in [2.24, 2.45) is 17.6 Å². The van der Waals surface area contributed by atoms with Crippen LogP contribution in [0.15, 0.2) is 0 Å². The zero-order chi connectivity index (χ0) is 13.1. The summed E-state index contributed by atoms with van der Waals surface area (Å²) in [6.45, 7) is 6.77. The molecular formula is C13H26N2O2. The zero-order valence-electron chi connectivity index (χ0n) is 11.5. The first kappa shape index (κ1) is 14.5. The number of primary amides is 1. The van der Waals surface area contributed by atoms with Crippen LogP contribution in [0.25, 0.3) is 0 Å². The van der Waals surface area contributed by atoms with Crippen LogP contribution in [0.3, 0.4) is 0 Å². The van der Waals surface area contributed by atoms with Crippen molar-refractivity contribution in [3.05, 3.63) is 0 Å². The average Bonchev–Trinajstić information content (AvgIpc) is 3.02. The van der Waals surface area contributed by atoms with E-state index in [-0.39, 0.29) is 12.0 Å². The molecule has 100 valence electrons. The molecule has 4 heteroatoms. The van der Waals surface area contributed by atoms with Crippen molar-refractivity contribution in [2.45, 2.75) is 51.7 Å². The van der Waals surface area contributed by atoms with Gasteiger partial charge in [-0.05, 0) is 45.1 Å². The topological polar surface area (TPSA) is 64.3 Å². The Morgan fingerprint density at radius 2 is 2.06 bits per heavy atom. The largest absolute Gasteiger partial charge is 0.376 e. The molecule has 0 spiro atoms. The van der Waals surface area contributed by atoms with Gasteiger partial charge >= 0.3 is 0 Å². The van der Waals surface area contributed by atoms with E-state index in [1.807, 2.05) is 6.92 Å². The Kier molecular flexibility index (Phi) is 4.95. The molecule has 0 saturated heterocycles. The monoisotopic (exact) mass is 242 g/mol. The van der Waals surface area contributed by atoms with Gasteiger partial charge in [-0.15, -0.1) is 0 Å². The van der Waals surface area contributed by atoms with Crippen LogP contribution in [0.4, 0.5) is 0 Å². The lowest BCUT2D eigenvalue weighted by molar-refractivity contribution is -0.129. The van der Waals surface area contributed by atoms with Crippen LogP contribution < -0.4 is 11.1 Å². The fourth-order valence-electron chi connectivity index (χ4n) is 2.37. The minimum atomic E-state index is -0.661. The second-order valence-corrected chi connectivity index (χ2v) is 5.61. The third kappa shape index (κ3) is 3.68. The predicted octanol–water partition coefficient (Wildman–Crippen LogP) is 1.29. The van der Waals surface area contributed by atoms with Crippen molar-refractivity contribution >= 4 is 5.91 Å². The highest BCUT2D eigenvalue weighted by Gasteiger charge is 2.49. The molecule has 2 unspecified atom stereocenters. The van der Waals surface area contributed by atoms with Crippen molar-refractivity contribution in [3.63, 3.8) is 0 Å². The van der Waals surface area contributed by atoms with E-state index < -0.39 is 5.54 Å². The van der Waals surface area contributed by atoms with Gasteiger partial charge < -0.3 is 15.8 Å². The molecule has 0 aromatic carbocycles. The number of rotatable bonds is 8. The number of hydrogen-bond donors (Lipinski definition) is 2. The molecule has 0 aliphatic heterocycles. The first-order valence-corrected chi connectivity index (χ1v) is 6.52. The van der Waals surface area contributed by atoms with Gasteiger partial charge in [0.1, 0.15) is 5.54 Å². The van der Waals surface area contributed by atoms with E-state index in [1.165, 1.54) is 0 Å². The molecule has 17 heavy (non-hydrogen) atoms. The van der Waals surface area contributed by atoms with Gasteiger partial charge in [0.05, 0.1) is 12.7 Å². The highest BCUT2D eigenvalue weighted by Crippen LogP contribution is 2.39. The van der Waals surface area contributed by atoms with Crippen LogP contribution in [-0.4, -0.2) is 31.2 Å². The van der Waals surface area contributed by atoms with E-state index in [1.54, 1.807) is 7.05 Å². The van der Waals surface area contributed by atoms with Crippen LogP contribution in [0.5, 0.6) is 0 Å². The first-order chi connectivity index (χ1) is 7.92. The second kappa shape index (κ2) is 5.83. The Labute approximate surface area is 104 Å². The minimum Gasteiger partial charge on any atom is -0.376 e. The Bertz CT molecular complexity index is 264. The molecule has 1 rings (SSSR count). The average molecular weight is 242 g/mol. The molecule has 0 aromatic heterocycles. The van der Waals surface area contributed by atoms with Crippen LogP contribution in [-0.2, 0) is 9.53 Å². The molecule has 0 bridgehead atoms. The molecule has 0 heterocycles. The van der Waals surface area contributed by atoms with Gasteiger partial charge in [0.15, 0.2) is 0 Å². The fraction of sp³-hybridized carbons (Fsp3) is 0.923. The number of hydrogen-bond acceptors (Lipinski definition) is 3. The summed E-state index contributed by atoms with van der Waals surface area (Å²) in [4.78, 5) is 11.6. The molecule has 0 aromatic rings. The van der Waals surface area contributed by atoms with Gasteiger partial charge in [-0.1, -0.05) is 13.8 Å². The molecule has 1 aliphatic rings. The van der Waals surface area contributed by atoms with Crippen molar-refractivity contribution in [3.8, 4) is 0 Å².